The first-order valence-electron chi connectivity index (χ1n) is 5.74. The van der Waals surface area contributed by atoms with Gasteiger partial charge in [-0.05, 0) is 63.4 Å². The summed E-state index contributed by atoms with van der Waals surface area (Å²) < 4.78 is 2.67. The molecule has 0 aliphatic carbocycles. The first-order valence-corrected chi connectivity index (χ1v) is 8.12. The van der Waals surface area contributed by atoms with Crippen LogP contribution in [0.4, 0.5) is 5.69 Å². The van der Waals surface area contributed by atoms with Crippen LogP contribution >= 0.6 is 47.8 Å². The monoisotopic (exact) mass is 438 g/mol. The molecule has 1 atom stereocenters. The van der Waals surface area contributed by atoms with Crippen LogP contribution in [0.1, 0.15) is 19.3 Å². The molecule has 2 N–H and O–H groups in total. The van der Waals surface area contributed by atoms with Gasteiger partial charge in [0.1, 0.15) is 0 Å². The highest BCUT2D eigenvalue weighted by Gasteiger charge is 2.18. The average Bonchev–Trinajstić information content (AvgIpc) is 2.76. The summed E-state index contributed by atoms with van der Waals surface area (Å²) in [7, 11) is 0. The molecule has 0 saturated carbocycles. The van der Waals surface area contributed by atoms with Gasteiger partial charge in [-0.15, -0.1) is 0 Å². The lowest BCUT2D eigenvalue weighted by Gasteiger charge is -2.13. The molecule has 1 saturated heterocycles. The molecule has 0 aromatic heterocycles. The van der Waals surface area contributed by atoms with E-state index in [4.69, 9.17) is 0 Å². The lowest BCUT2D eigenvalue weighted by molar-refractivity contribution is -0.116. The Hall–Kier alpha value is 0.0900. The summed E-state index contributed by atoms with van der Waals surface area (Å²) in [6, 6.07) is 4.14. The lowest BCUT2D eigenvalue weighted by atomic mass is 10.1. The van der Waals surface area contributed by atoms with E-state index in [1.165, 1.54) is 0 Å². The fraction of sp³-hybridized carbons (Fsp3) is 0.417. The SMILES string of the molecule is O=C(CC1CCCN1)Nc1c(Br)cc(Br)cc1Br. The number of anilines is 1. The highest BCUT2D eigenvalue weighted by atomic mass is 79.9. The maximum Gasteiger partial charge on any atom is 0.225 e. The van der Waals surface area contributed by atoms with Crippen LogP contribution < -0.4 is 10.6 Å². The Bertz CT molecular complexity index is 436. The van der Waals surface area contributed by atoms with Gasteiger partial charge in [-0.25, -0.2) is 0 Å². The number of nitrogens with one attached hydrogen (secondary N) is 2. The molecule has 1 aliphatic heterocycles. The van der Waals surface area contributed by atoms with Crippen molar-refractivity contribution in [3.63, 3.8) is 0 Å². The molecule has 6 heteroatoms. The van der Waals surface area contributed by atoms with E-state index >= 15 is 0 Å². The number of carbonyl (C=O) groups is 1. The van der Waals surface area contributed by atoms with Crippen molar-refractivity contribution in [1.82, 2.24) is 5.32 Å². The summed E-state index contributed by atoms with van der Waals surface area (Å²) in [5.74, 6) is 0.0399. The van der Waals surface area contributed by atoms with Crippen LogP contribution in [0.5, 0.6) is 0 Å². The molecule has 1 fully saturated rings. The Morgan fingerprint density at radius 3 is 2.56 bits per heavy atom. The third-order valence-electron chi connectivity index (χ3n) is 2.87. The Morgan fingerprint density at radius 1 is 1.33 bits per heavy atom. The lowest BCUT2D eigenvalue weighted by Crippen LogP contribution is -2.27. The highest BCUT2D eigenvalue weighted by Crippen LogP contribution is 2.34. The summed E-state index contributed by atoms with van der Waals surface area (Å²) in [6.07, 6.45) is 2.76. The van der Waals surface area contributed by atoms with E-state index in [1.807, 2.05) is 12.1 Å². The third-order valence-corrected chi connectivity index (χ3v) is 4.57. The average molecular weight is 441 g/mol. The molecule has 1 amide bonds. The van der Waals surface area contributed by atoms with Crippen LogP contribution in [0, 0.1) is 0 Å². The second-order valence-electron chi connectivity index (χ2n) is 4.29. The van der Waals surface area contributed by atoms with Gasteiger partial charge in [0.2, 0.25) is 5.91 Å². The molecule has 0 bridgehead atoms. The number of hydrogen-bond donors (Lipinski definition) is 2. The number of carbonyl (C=O) groups excluding carboxylic acids is 1. The fourth-order valence-electron chi connectivity index (χ4n) is 2.01. The minimum atomic E-state index is 0.0399. The van der Waals surface area contributed by atoms with Crippen LogP contribution in [0.2, 0.25) is 0 Å². The number of rotatable bonds is 3. The van der Waals surface area contributed by atoms with E-state index in [2.05, 4.69) is 58.4 Å². The number of benzene rings is 1. The standard InChI is InChI=1S/C12H13Br3N2O/c13-7-4-9(14)12(10(15)5-7)17-11(18)6-8-2-1-3-16-8/h4-5,8,16H,1-3,6H2,(H,17,18). The highest BCUT2D eigenvalue weighted by molar-refractivity contribution is 9.11. The van der Waals surface area contributed by atoms with Crippen molar-refractivity contribution in [2.45, 2.75) is 25.3 Å². The van der Waals surface area contributed by atoms with Gasteiger partial charge >= 0.3 is 0 Å². The molecular weight excluding hydrogens is 428 g/mol. The van der Waals surface area contributed by atoms with Gasteiger partial charge in [-0.1, -0.05) is 15.9 Å². The van der Waals surface area contributed by atoms with Gasteiger partial charge in [0.05, 0.1) is 5.69 Å². The normalized spacial score (nSPS) is 18.9. The summed E-state index contributed by atoms with van der Waals surface area (Å²) in [6.45, 7) is 1.02. The summed E-state index contributed by atoms with van der Waals surface area (Å²) in [5, 5.41) is 6.26. The van der Waals surface area contributed by atoms with Crippen molar-refractivity contribution in [3.8, 4) is 0 Å². The number of amides is 1. The molecule has 0 spiro atoms. The maximum absolute atomic E-state index is 12.0. The van der Waals surface area contributed by atoms with Gasteiger partial charge in [0, 0.05) is 25.9 Å². The van der Waals surface area contributed by atoms with Crippen LogP contribution in [0.3, 0.4) is 0 Å². The van der Waals surface area contributed by atoms with E-state index < -0.39 is 0 Å². The van der Waals surface area contributed by atoms with Gasteiger partial charge in [-0.2, -0.15) is 0 Å². The topological polar surface area (TPSA) is 41.1 Å². The fourth-order valence-corrected chi connectivity index (χ4v) is 4.46. The molecule has 18 heavy (non-hydrogen) atoms. The van der Waals surface area contributed by atoms with E-state index in [0.29, 0.717) is 12.5 Å². The van der Waals surface area contributed by atoms with E-state index in [9.17, 15) is 4.79 Å². The van der Waals surface area contributed by atoms with Gasteiger partial charge in [0.25, 0.3) is 0 Å². The maximum atomic E-state index is 12.0. The van der Waals surface area contributed by atoms with Gasteiger partial charge in [0.15, 0.2) is 0 Å². The van der Waals surface area contributed by atoms with Crippen molar-refractivity contribution >= 4 is 59.4 Å². The molecule has 1 aliphatic rings. The minimum Gasteiger partial charge on any atom is -0.324 e. The van der Waals surface area contributed by atoms with Crippen LogP contribution in [-0.2, 0) is 4.79 Å². The molecule has 1 heterocycles. The summed E-state index contributed by atoms with van der Waals surface area (Å²) >= 11 is 10.3. The van der Waals surface area contributed by atoms with Crippen molar-refractivity contribution in [2.75, 3.05) is 11.9 Å². The molecular formula is C12H13Br3N2O. The first-order chi connectivity index (χ1) is 8.56. The van der Waals surface area contributed by atoms with Gasteiger partial charge in [-0.3, -0.25) is 4.79 Å². The van der Waals surface area contributed by atoms with Crippen LogP contribution in [-0.4, -0.2) is 18.5 Å². The quantitative estimate of drug-likeness (QED) is 0.744. The smallest absolute Gasteiger partial charge is 0.225 e. The minimum absolute atomic E-state index is 0.0399. The molecule has 1 aromatic carbocycles. The molecule has 1 aromatic rings. The van der Waals surface area contributed by atoms with Crippen LogP contribution in [0.25, 0.3) is 0 Å². The molecule has 3 nitrogen and oxygen atoms in total. The molecule has 0 radical (unpaired) electrons. The second kappa shape index (κ2) is 6.50. The zero-order valence-corrected chi connectivity index (χ0v) is 14.4. The van der Waals surface area contributed by atoms with Crippen LogP contribution in [0.15, 0.2) is 25.6 Å². The van der Waals surface area contributed by atoms with Crippen molar-refractivity contribution in [3.05, 3.63) is 25.6 Å². The van der Waals surface area contributed by atoms with Crippen molar-refractivity contribution < 1.29 is 4.79 Å². The van der Waals surface area contributed by atoms with Crippen molar-refractivity contribution in [1.29, 1.82) is 0 Å². The molecule has 1 unspecified atom stereocenters. The van der Waals surface area contributed by atoms with E-state index in [1.54, 1.807) is 0 Å². The van der Waals surface area contributed by atoms with Crippen molar-refractivity contribution in [2.24, 2.45) is 0 Å². The Labute approximate surface area is 131 Å². The predicted octanol–water partition coefficient (Wildman–Crippen LogP) is 4.05. The Morgan fingerprint density at radius 2 is 2.00 bits per heavy atom. The molecule has 2 rings (SSSR count). The number of hydrogen-bond acceptors (Lipinski definition) is 2. The Kier molecular flexibility index (Phi) is 5.24. The number of halogens is 3. The third kappa shape index (κ3) is 3.79. The van der Waals surface area contributed by atoms with Gasteiger partial charge < -0.3 is 10.6 Å². The summed E-state index contributed by atoms with van der Waals surface area (Å²) in [4.78, 5) is 12.0. The second-order valence-corrected chi connectivity index (χ2v) is 6.91. The van der Waals surface area contributed by atoms with E-state index in [0.717, 1.165) is 38.5 Å². The summed E-state index contributed by atoms with van der Waals surface area (Å²) in [5.41, 5.74) is 0.779. The zero-order chi connectivity index (χ0) is 13.1. The zero-order valence-electron chi connectivity index (χ0n) is 9.60. The predicted molar refractivity (Wildman–Crippen MR) is 83.8 cm³/mol. The Balaban J connectivity index is 2.02. The first kappa shape index (κ1) is 14.5. The van der Waals surface area contributed by atoms with E-state index in [-0.39, 0.29) is 5.91 Å². The largest absolute Gasteiger partial charge is 0.324 e. The molecule has 98 valence electrons.